The van der Waals surface area contributed by atoms with Gasteiger partial charge in [-0.25, -0.2) is 4.98 Å². The van der Waals surface area contributed by atoms with Gasteiger partial charge in [0, 0.05) is 12.6 Å². The van der Waals surface area contributed by atoms with Crippen LogP contribution in [0.4, 0.5) is 5.82 Å². The van der Waals surface area contributed by atoms with Crippen molar-refractivity contribution >= 4 is 17.4 Å². The molecule has 15 heavy (non-hydrogen) atoms. The summed E-state index contributed by atoms with van der Waals surface area (Å²) in [6, 6.07) is 0.454. The van der Waals surface area contributed by atoms with Crippen LogP contribution in [0.3, 0.4) is 0 Å². The molecule has 5 heteroatoms. The van der Waals surface area contributed by atoms with Gasteiger partial charge in [-0.05, 0) is 12.8 Å². The first-order chi connectivity index (χ1) is 7.24. The second kappa shape index (κ2) is 4.06. The Labute approximate surface area is 92.6 Å². The Balaban J connectivity index is 2.36. The third-order valence-electron chi connectivity index (χ3n) is 2.36. The van der Waals surface area contributed by atoms with Crippen molar-refractivity contribution in [3.05, 3.63) is 34.4 Å². The number of aromatic nitrogens is 2. The van der Waals surface area contributed by atoms with Crippen molar-refractivity contribution < 1.29 is 0 Å². The zero-order valence-corrected chi connectivity index (χ0v) is 9.00. The molecule has 1 aliphatic carbocycles. The summed E-state index contributed by atoms with van der Waals surface area (Å²) in [7, 11) is 0. The summed E-state index contributed by atoms with van der Waals surface area (Å²) in [5, 5.41) is 0.159. The molecule has 0 amide bonds. The second-order valence-corrected chi connectivity index (χ2v) is 3.92. The maximum Gasteiger partial charge on any atom is 0.271 e. The lowest BCUT2D eigenvalue weighted by Gasteiger charge is -2.21. The first-order valence-corrected chi connectivity index (χ1v) is 5.22. The summed E-state index contributed by atoms with van der Waals surface area (Å²) in [4.78, 5) is 19.9. The van der Waals surface area contributed by atoms with E-state index in [4.69, 9.17) is 11.6 Å². The molecule has 1 fully saturated rings. The van der Waals surface area contributed by atoms with Crippen molar-refractivity contribution in [2.75, 3.05) is 11.4 Å². The lowest BCUT2D eigenvalue weighted by atomic mass is 10.4. The van der Waals surface area contributed by atoms with Gasteiger partial charge in [0.15, 0.2) is 5.82 Å². The molecule has 0 atom stereocenters. The van der Waals surface area contributed by atoms with Gasteiger partial charge in [0.05, 0.1) is 6.33 Å². The van der Waals surface area contributed by atoms with E-state index in [1.54, 1.807) is 6.08 Å². The minimum Gasteiger partial charge on any atom is -0.348 e. The first-order valence-electron chi connectivity index (χ1n) is 4.84. The Hall–Kier alpha value is -1.29. The van der Waals surface area contributed by atoms with Gasteiger partial charge in [0.2, 0.25) is 0 Å². The molecular formula is C10H12ClN3O. The summed E-state index contributed by atoms with van der Waals surface area (Å²) in [5.74, 6) is 0.558. The number of nitrogens with one attached hydrogen (secondary N) is 1. The van der Waals surface area contributed by atoms with Gasteiger partial charge in [0.1, 0.15) is 5.02 Å². The highest BCUT2D eigenvalue weighted by atomic mass is 35.5. The van der Waals surface area contributed by atoms with E-state index >= 15 is 0 Å². The monoisotopic (exact) mass is 225 g/mol. The van der Waals surface area contributed by atoms with Crippen LogP contribution in [0.15, 0.2) is 23.8 Å². The molecule has 1 saturated carbocycles. The van der Waals surface area contributed by atoms with Crippen LogP contribution in [-0.2, 0) is 0 Å². The van der Waals surface area contributed by atoms with Gasteiger partial charge in [-0.1, -0.05) is 17.7 Å². The average molecular weight is 226 g/mol. The molecule has 0 bridgehead atoms. The fraction of sp³-hybridized carbons (Fsp3) is 0.400. The van der Waals surface area contributed by atoms with Gasteiger partial charge in [-0.3, -0.25) is 4.79 Å². The third-order valence-corrected chi connectivity index (χ3v) is 2.70. The molecule has 0 saturated heterocycles. The van der Waals surface area contributed by atoms with Crippen LogP contribution in [-0.4, -0.2) is 22.6 Å². The number of halogens is 1. The van der Waals surface area contributed by atoms with E-state index in [1.807, 2.05) is 4.90 Å². The number of hydrogen-bond acceptors (Lipinski definition) is 3. The molecule has 0 unspecified atom stereocenters. The highest BCUT2D eigenvalue weighted by molar-refractivity contribution is 6.32. The molecule has 0 aliphatic heterocycles. The highest BCUT2D eigenvalue weighted by Gasteiger charge is 2.30. The number of rotatable bonds is 4. The molecule has 1 aromatic heterocycles. The second-order valence-electron chi connectivity index (χ2n) is 3.54. The van der Waals surface area contributed by atoms with Gasteiger partial charge >= 0.3 is 0 Å². The molecule has 0 aromatic carbocycles. The van der Waals surface area contributed by atoms with Crippen LogP contribution in [0.2, 0.25) is 5.02 Å². The van der Waals surface area contributed by atoms with E-state index in [-0.39, 0.29) is 10.6 Å². The summed E-state index contributed by atoms with van der Waals surface area (Å²) in [6.45, 7) is 4.36. The summed E-state index contributed by atoms with van der Waals surface area (Å²) in [6.07, 6.45) is 5.41. The van der Waals surface area contributed by atoms with Gasteiger partial charge < -0.3 is 9.88 Å². The number of hydrogen-bond donors (Lipinski definition) is 1. The molecule has 80 valence electrons. The normalized spacial score (nSPS) is 15.0. The van der Waals surface area contributed by atoms with Crippen molar-refractivity contribution in [3.63, 3.8) is 0 Å². The van der Waals surface area contributed by atoms with Gasteiger partial charge in [-0.15, -0.1) is 6.58 Å². The van der Waals surface area contributed by atoms with Crippen molar-refractivity contribution in [1.29, 1.82) is 0 Å². The third kappa shape index (κ3) is 2.04. The number of anilines is 1. The Morgan fingerprint density at radius 2 is 2.47 bits per heavy atom. The van der Waals surface area contributed by atoms with Crippen LogP contribution in [0.25, 0.3) is 0 Å². The number of nitrogens with zero attached hydrogens (tertiary/aromatic N) is 2. The summed E-state index contributed by atoms with van der Waals surface area (Å²) >= 11 is 5.91. The van der Waals surface area contributed by atoms with Crippen molar-refractivity contribution in [2.45, 2.75) is 18.9 Å². The number of aromatic amines is 1. The first kappa shape index (κ1) is 10.2. The molecule has 1 aliphatic rings. The fourth-order valence-electron chi connectivity index (χ4n) is 1.51. The van der Waals surface area contributed by atoms with E-state index in [0.29, 0.717) is 18.4 Å². The standard InChI is InChI=1S/C10H12ClN3O/c1-2-5-14(7-3-4-7)9-8(11)10(15)13-6-12-9/h2,6-7H,1,3-5H2,(H,12,13,15). The quantitative estimate of drug-likeness (QED) is 0.792. The molecule has 1 heterocycles. The zero-order valence-electron chi connectivity index (χ0n) is 8.24. The minimum absolute atomic E-state index is 0.159. The number of H-pyrrole nitrogens is 1. The van der Waals surface area contributed by atoms with E-state index in [9.17, 15) is 4.79 Å². The molecule has 2 rings (SSSR count). The van der Waals surface area contributed by atoms with Crippen LogP contribution < -0.4 is 10.5 Å². The molecule has 4 nitrogen and oxygen atoms in total. The van der Waals surface area contributed by atoms with Gasteiger partial charge in [-0.2, -0.15) is 0 Å². The predicted octanol–water partition coefficient (Wildman–Crippen LogP) is 1.58. The Bertz CT molecular complexity index is 425. The van der Waals surface area contributed by atoms with Crippen LogP contribution in [0, 0.1) is 0 Å². The SMILES string of the molecule is C=CCN(c1nc[nH]c(=O)c1Cl)C1CC1. The van der Waals surface area contributed by atoms with E-state index in [1.165, 1.54) is 6.33 Å². The van der Waals surface area contributed by atoms with E-state index < -0.39 is 0 Å². The lowest BCUT2D eigenvalue weighted by molar-refractivity contribution is 0.834. The maximum atomic E-state index is 11.3. The van der Waals surface area contributed by atoms with Gasteiger partial charge in [0.25, 0.3) is 5.56 Å². The van der Waals surface area contributed by atoms with Crippen molar-refractivity contribution in [3.8, 4) is 0 Å². The zero-order chi connectivity index (χ0) is 10.8. The fourth-order valence-corrected chi connectivity index (χ4v) is 1.72. The molecule has 1 aromatic rings. The molecule has 0 spiro atoms. The van der Waals surface area contributed by atoms with Crippen LogP contribution in [0.1, 0.15) is 12.8 Å². The smallest absolute Gasteiger partial charge is 0.271 e. The molecule has 1 N–H and O–H groups in total. The maximum absolute atomic E-state index is 11.3. The summed E-state index contributed by atoms with van der Waals surface area (Å²) in [5.41, 5.74) is -0.295. The van der Waals surface area contributed by atoms with Crippen LogP contribution in [0.5, 0.6) is 0 Å². The molecule has 0 radical (unpaired) electrons. The topological polar surface area (TPSA) is 49.0 Å². The summed E-state index contributed by atoms with van der Waals surface area (Å²) < 4.78 is 0. The van der Waals surface area contributed by atoms with Crippen LogP contribution >= 0.6 is 11.6 Å². The Morgan fingerprint density at radius 1 is 1.73 bits per heavy atom. The van der Waals surface area contributed by atoms with E-state index in [0.717, 1.165) is 12.8 Å². The van der Waals surface area contributed by atoms with E-state index in [2.05, 4.69) is 16.5 Å². The Morgan fingerprint density at radius 3 is 3.07 bits per heavy atom. The average Bonchev–Trinajstić information content (AvgIpc) is 3.03. The predicted molar refractivity (Wildman–Crippen MR) is 60.4 cm³/mol. The molecular weight excluding hydrogens is 214 g/mol. The largest absolute Gasteiger partial charge is 0.348 e. The van der Waals surface area contributed by atoms with Crippen molar-refractivity contribution in [1.82, 2.24) is 9.97 Å². The lowest BCUT2D eigenvalue weighted by Crippen LogP contribution is -2.28. The van der Waals surface area contributed by atoms with Crippen molar-refractivity contribution in [2.24, 2.45) is 0 Å². The Kier molecular flexibility index (Phi) is 2.77. The minimum atomic E-state index is -0.295. The highest BCUT2D eigenvalue weighted by Crippen LogP contribution is 2.32.